The van der Waals surface area contributed by atoms with Gasteiger partial charge in [-0.3, -0.25) is 0 Å². The lowest BCUT2D eigenvalue weighted by molar-refractivity contribution is 0.0814. The van der Waals surface area contributed by atoms with E-state index in [1.165, 1.54) is 0 Å². The predicted molar refractivity (Wildman–Crippen MR) is 73.3 cm³/mol. The van der Waals surface area contributed by atoms with Crippen molar-refractivity contribution in [3.05, 3.63) is 0 Å². The molecule has 1 atom stereocenters. The molecule has 0 aromatic carbocycles. The SMILES string of the molecule is CC1CCN(C(=O)N2CCC(N)C(C)(C)C2)CC1. The van der Waals surface area contributed by atoms with Gasteiger partial charge in [0.2, 0.25) is 0 Å². The van der Waals surface area contributed by atoms with Crippen molar-refractivity contribution in [2.75, 3.05) is 26.2 Å². The number of hydrogen-bond acceptors (Lipinski definition) is 2. The Kier molecular flexibility index (Phi) is 3.85. The molecule has 2 aliphatic heterocycles. The van der Waals surface area contributed by atoms with Crippen LogP contribution in [0.25, 0.3) is 0 Å². The summed E-state index contributed by atoms with van der Waals surface area (Å²) in [6, 6.07) is 0.435. The lowest BCUT2D eigenvalue weighted by atomic mass is 9.80. The number of piperidine rings is 2. The van der Waals surface area contributed by atoms with E-state index in [-0.39, 0.29) is 17.5 Å². The maximum Gasteiger partial charge on any atom is 0.320 e. The zero-order valence-corrected chi connectivity index (χ0v) is 12.0. The monoisotopic (exact) mass is 253 g/mol. The van der Waals surface area contributed by atoms with Crippen LogP contribution in [0, 0.1) is 11.3 Å². The van der Waals surface area contributed by atoms with Gasteiger partial charge in [-0.15, -0.1) is 0 Å². The highest BCUT2D eigenvalue weighted by molar-refractivity contribution is 5.74. The van der Waals surface area contributed by atoms with E-state index >= 15 is 0 Å². The first-order valence-corrected chi connectivity index (χ1v) is 7.19. The van der Waals surface area contributed by atoms with Crippen LogP contribution in [0.2, 0.25) is 0 Å². The van der Waals surface area contributed by atoms with Crippen molar-refractivity contribution in [2.24, 2.45) is 17.1 Å². The van der Waals surface area contributed by atoms with Crippen molar-refractivity contribution in [3.8, 4) is 0 Å². The number of urea groups is 1. The quantitative estimate of drug-likeness (QED) is 0.717. The van der Waals surface area contributed by atoms with Crippen molar-refractivity contribution in [3.63, 3.8) is 0 Å². The molecule has 0 bridgehead atoms. The van der Waals surface area contributed by atoms with E-state index in [4.69, 9.17) is 5.73 Å². The maximum absolute atomic E-state index is 12.5. The summed E-state index contributed by atoms with van der Waals surface area (Å²) >= 11 is 0. The van der Waals surface area contributed by atoms with Gasteiger partial charge in [0.25, 0.3) is 0 Å². The first-order valence-electron chi connectivity index (χ1n) is 7.19. The average molecular weight is 253 g/mol. The average Bonchev–Trinajstić information content (AvgIpc) is 2.33. The number of likely N-dealkylation sites (tertiary alicyclic amines) is 2. The molecule has 0 aliphatic carbocycles. The maximum atomic E-state index is 12.5. The molecule has 2 saturated heterocycles. The van der Waals surface area contributed by atoms with Gasteiger partial charge >= 0.3 is 6.03 Å². The second kappa shape index (κ2) is 5.08. The Labute approximate surface area is 110 Å². The molecular weight excluding hydrogens is 226 g/mol. The molecule has 2 aliphatic rings. The fraction of sp³-hybridized carbons (Fsp3) is 0.929. The van der Waals surface area contributed by atoms with Gasteiger partial charge < -0.3 is 15.5 Å². The van der Waals surface area contributed by atoms with E-state index in [2.05, 4.69) is 20.8 Å². The summed E-state index contributed by atoms with van der Waals surface area (Å²) in [4.78, 5) is 16.5. The van der Waals surface area contributed by atoms with Gasteiger partial charge in [-0.25, -0.2) is 4.79 Å². The van der Waals surface area contributed by atoms with Crippen LogP contribution < -0.4 is 5.73 Å². The van der Waals surface area contributed by atoms with E-state index in [1.54, 1.807) is 0 Å². The van der Waals surface area contributed by atoms with Crippen LogP contribution in [0.5, 0.6) is 0 Å². The van der Waals surface area contributed by atoms with E-state index < -0.39 is 0 Å². The molecule has 2 N–H and O–H groups in total. The predicted octanol–water partition coefficient (Wildman–Crippen LogP) is 1.90. The van der Waals surface area contributed by atoms with Crippen molar-refractivity contribution < 1.29 is 4.79 Å². The summed E-state index contributed by atoms with van der Waals surface area (Å²) in [5, 5.41) is 0. The number of rotatable bonds is 0. The van der Waals surface area contributed by atoms with Crippen LogP contribution in [-0.4, -0.2) is 48.1 Å². The fourth-order valence-corrected chi connectivity index (χ4v) is 2.94. The Morgan fingerprint density at radius 3 is 2.22 bits per heavy atom. The van der Waals surface area contributed by atoms with Gasteiger partial charge in [0.05, 0.1) is 0 Å². The third-order valence-electron chi connectivity index (χ3n) is 4.64. The number of hydrogen-bond donors (Lipinski definition) is 1. The van der Waals surface area contributed by atoms with Crippen LogP contribution in [0.4, 0.5) is 4.79 Å². The van der Waals surface area contributed by atoms with Gasteiger partial charge in [0.1, 0.15) is 0 Å². The molecule has 104 valence electrons. The van der Waals surface area contributed by atoms with Crippen LogP contribution >= 0.6 is 0 Å². The summed E-state index contributed by atoms with van der Waals surface area (Å²) in [7, 11) is 0. The molecule has 2 fully saturated rings. The Hall–Kier alpha value is -0.770. The van der Waals surface area contributed by atoms with Gasteiger partial charge in [-0.05, 0) is 30.6 Å². The molecule has 0 radical (unpaired) electrons. The van der Waals surface area contributed by atoms with Gasteiger partial charge in [-0.2, -0.15) is 0 Å². The first-order chi connectivity index (χ1) is 8.40. The summed E-state index contributed by atoms with van der Waals surface area (Å²) in [5.74, 6) is 0.764. The molecule has 18 heavy (non-hydrogen) atoms. The molecule has 2 heterocycles. The van der Waals surface area contributed by atoms with E-state index in [0.29, 0.717) is 0 Å². The Bertz CT molecular complexity index is 308. The Morgan fingerprint density at radius 1 is 1.11 bits per heavy atom. The first kappa shape index (κ1) is 13.7. The molecule has 4 nitrogen and oxygen atoms in total. The lowest BCUT2D eigenvalue weighted by Gasteiger charge is -2.44. The molecule has 2 rings (SSSR count). The molecule has 1 unspecified atom stereocenters. The van der Waals surface area contributed by atoms with Gasteiger partial charge in [0, 0.05) is 32.2 Å². The fourth-order valence-electron chi connectivity index (χ4n) is 2.94. The minimum Gasteiger partial charge on any atom is -0.327 e. The molecule has 0 spiro atoms. The molecule has 0 aromatic heterocycles. The molecule has 4 heteroatoms. The summed E-state index contributed by atoms with van der Waals surface area (Å²) in [6.07, 6.45) is 3.20. The number of amides is 2. The Balaban J connectivity index is 1.93. The third kappa shape index (κ3) is 2.79. The van der Waals surface area contributed by atoms with Crippen molar-refractivity contribution in [1.82, 2.24) is 9.80 Å². The summed E-state index contributed by atoms with van der Waals surface area (Å²) < 4.78 is 0. The van der Waals surface area contributed by atoms with E-state index in [1.807, 2.05) is 9.80 Å². The zero-order chi connectivity index (χ0) is 13.3. The Morgan fingerprint density at radius 2 is 1.67 bits per heavy atom. The second-order valence-electron chi connectivity index (χ2n) is 6.76. The van der Waals surface area contributed by atoms with E-state index in [9.17, 15) is 4.79 Å². The number of nitrogens with two attached hydrogens (primary N) is 1. The number of carbonyl (C=O) groups is 1. The topological polar surface area (TPSA) is 49.6 Å². The van der Waals surface area contributed by atoms with Crippen LogP contribution in [0.1, 0.15) is 40.0 Å². The van der Waals surface area contributed by atoms with Crippen LogP contribution in [0.3, 0.4) is 0 Å². The zero-order valence-electron chi connectivity index (χ0n) is 12.0. The molecule has 2 amide bonds. The number of nitrogens with zero attached hydrogens (tertiary/aromatic N) is 2. The van der Waals surface area contributed by atoms with Crippen LogP contribution in [-0.2, 0) is 0 Å². The molecule has 0 saturated carbocycles. The third-order valence-corrected chi connectivity index (χ3v) is 4.64. The largest absolute Gasteiger partial charge is 0.327 e. The smallest absolute Gasteiger partial charge is 0.320 e. The van der Waals surface area contributed by atoms with Crippen molar-refractivity contribution in [2.45, 2.75) is 46.1 Å². The second-order valence-corrected chi connectivity index (χ2v) is 6.76. The minimum absolute atomic E-state index is 0.0387. The highest BCUT2D eigenvalue weighted by Crippen LogP contribution is 2.29. The normalized spacial score (nSPS) is 29.4. The minimum atomic E-state index is 0.0387. The highest BCUT2D eigenvalue weighted by Gasteiger charge is 2.37. The lowest BCUT2D eigenvalue weighted by Crippen LogP contribution is -2.57. The standard InChI is InChI=1S/C14H27N3O/c1-11-4-7-16(8-5-11)13(18)17-9-6-12(15)14(2,3)10-17/h11-12H,4-10,15H2,1-3H3. The van der Waals surface area contributed by atoms with Crippen LogP contribution in [0.15, 0.2) is 0 Å². The molecular formula is C14H27N3O. The number of carbonyl (C=O) groups excluding carboxylic acids is 1. The van der Waals surface area contributed by atoms with Gasteiger partial charge in [-0.1, -0.05) is 20.8 Å². The van der Waals surface area contributed by atoms with Crippen molar-refractivity contribution >= 4 is 6.03 Å². The van der Waals surface area contributed by atoms with E-state index in [0.717, 1.165) is 51.4 Å². The molecule has 0 aromatic rings. The van der Waals surface area contributed by atoms with Crippen molar-refractivity contribution in [1.29, 1.82) is 0 Å². The summed E-state index contributed by atoms with van der Waals surface area (Å²) in [6.45, 7) is 10.0. The van der Waals surface area contributed by atoms with Gasteiger partial charge in [0.15, 0.2) is 0 Å². The highest BCUT2D eigenvalue weighted by atomic mass is 16.2. The summed E-state index contributed by atoms with van der Waals surface area (Å²) in [5.41, 5.74) is 6.16.